The molecule has 1 aromatic carbocycles. The zero-order chi connectivity index (χ0) is 17.3. The molecule has 0 N–H and O–H groups in total. The number of piperazine rings is 1. The summed E-state index contributed by atoms with van der Waals surface area (Å²) in [6.45, 7) is 2.47. The van der Waals surface area contributed by atoms with E-state index in [1.54, 1.807) is 18.0 Å². The lowest BCUT2D eigenvalue weighted by Crippen LogP contribution is -2.48. The number of carbonyl (C=O) groups is 1. The second kappa shape index (κ2) is 6.86. The van der Waals surface area contributed by atoms with Crippen molar-refractivity contribution in [2.45, 2.75) is 6.54 Å². The van der Waals surface area contributed by atoms with Crippen molar-refractivity contribution in [3.8, 4) is 0 Å². The van der Waals surface area contributed by atoms with Gasteiger partial charge in [-0.25, -0.2) is 8.78 Å². The SMILES string of the molecule is Cn1ncc(Cl)c1C(=O)N1CCN(Cc2cccc(F)c2F)CC1. The smallest absolute Gasteiger partial charge is 0.273 e. The van der Waals surface area contributed by atoms with Gasteiger partial charge in [0.15, 0.2) is 11.6 Å². The highest BCUT2D eigenvalue weighted by molar-refractivity contribution is 6.33. The van der Waals surface area contributed by atoms with Crippen LogP contribution in [0.4, 0.5) is 8.78 Å². The van der Waals surface area contributed by atoms with E-state index < -0.39 is 11.6 Å². The molecule has 128 valence electrons. The normalized spacial score (nSPS) is 15.8. The Balaban J connectivity index is 1.62. The number of aromatic nitrogens is 2. The van der Waals surface area contributed by atoms with Gasteiger partial charge in [0.2, 0.25) is 0 Å². The van der Waals surface area contributed by atoms with E-state index in [1.807, 2.05) is 4.90 Å². The number of halogens is 3. The van der Waals surface area contributed by atoms with Gasteiger partial charge in [-0.3, -0.25) is 14.4 Å². The van der Waals surface area contributed by atoms with E-state index in [-0.39, 0.29) is 5.91 Å². The number of benzene rings is 1. The van der Waals surface area contributed by atoms with Crippen LogP contribution in [0.2, 0.25) is 5.02 Å². The number of aryl methyl sites for hydroxylation is 1. The predicted octanol–water partition coefficient (Wildman–Crippen LogP) is 2.31. The van der Waals surface area contributed by atoms with Crippen LogP contribution >= 0.6 is 11.6 Å². The quantitative estimate of drug-likeness (QED) is 0.849. The van der Waals surface area contributed by atoms with Crippen LogP contribution in [0.5, 0.6) is 0 Å². The molecule has 1 amide bonds. The molecular weight excluding hydrogens is 338 g/mol. The summed E-state index contributed by atoms with van der Waals surface area (Å²) in [5, 5.41) is 4.30. The Kier molecular flexibility index (Phi) is 4.82. The van der Waals surface area contributed by atoms with Crippen LogP contribution in [0.25, 0.3) is 0 Å². The van der Waals surface area contributed by atoms with Crippen molar-refractivity contribution in [3.63, 3.8) is 0 Å². The Morgan fingerprint density at radius 3 is 2.58 bits per heavy atom. The number of nitrogens with zero attached hydrogens (tertiary/aromatic N) is 4. The Hall–Kier alpha value is -1.99. The van der Waals surface area contributed by atoms with Gasteiger partial charge in [-0.05, 0) is 6.07 Å². The molecule has 3 rings (SSSR count). The van der Waals surface area contributed by atoms with Crippen LogP contribution in [0.3, 0.4) is 0 Å². The Labute approximate surface area is 143 Å². The fourth-order valence-corrected chi connectivity index (χ4v) is 3.07. The molecule has 1 fully saturated rings. The molecule has 1 saturated heterocycles. The van der Waals surface area contributed by atoms with E-state index in [0.717, 1.165) is 6.07 Å². The minimum atomic E-state index is -0.841. The van der Waals surface area contributed by atoms with Crippen LogP contribution in [-0.4, -0.2) is 51.7 Å². The molecule has 1 aliphatic rings. The Bertz CT molecular complexity index is 737. The van der Waals surface area contributed by atoms with Crippen molar-refractivity contribution >= 4 is 17.5 Å². The first-order valence-electron chi connectivity index (χ1n) is 7.59. The summed E-state index contributed by atoms with van der Waals surface area (Å²) < 4.78 is 28.5. The maximum Gasteiger partial charge on any atom is 0.273 e. The zero-order valence-electron chi connectivity index (χ0n) is 13.2. The predicted molar refractivity (Wildman–Crippen MR) is 85.8 cm³/mol. The van der Waals surface area contributed by atoms with Crippen molar-refractivity contribution in [1.82, 2.24) is 19.6 Å². The Morgan fingerprint density at radius 1 is 1.25 bits per heavy atom. The molecule has 0 bridgehead atoms. The van der Waals surface area contributed by atoms with E-state index in [1.165, 1.54) is 16.9 Å². The molecule has 1 aliphatic heterocycles. The molecule has 0 aliphatic carbocycles. The van der Waals surface area contributed by atoms with E-state index in [4.69, 9.17) is 11.6 Å². The first kappa shape index (κ1) is 16.9. The molecule has 2 heterocycles. The summed E-state index contributed by atoms with van der Waals surface area (Å²) in [5.74, 6) is -1.82. The third-order valence-electron chi connectivity index (χ3n) is 4.18. The molecule has 8 heteroatoms. The fraction of sp³-hybridized carbons (Fsp3) is 0.375. The van der Waals surface area contributed by atoms with Crippen LogP contribution < -0.4 is 0 Å². The largest absolute Gasteiger partial charge is 0.335 e. The molecule has 1 aromatic heterocycles. The molecule has 0 saturated carbocycles. The number of rotatable bonds is 3. The van der Waals surface area contributed by atoms with Crippen molar-refractivity contribution in [2.24, 2.45) is 7.05 Å². The second-order valence-corrected chi connectivity index (χ2v) is 6.15. The first-order chi connectivity index (χ1) is 11.5. The van der Waals surface area contributed by atoms with Gasteiger partial charge in [-0.15, -0.1) is 0 Å². The van der Waals surface area contributed by atoms with E-state index in [2.05, 4.69) is 5.10 Å². The third kappa shape index (κ3) is 3.27. The molecule has 24 heavy (non-hydrogen) atoms. The van der Waals surface area contributed by atoms with Crippen LogP contribution in [-0.2, 0) is 13.6 Å². The summed E-state index contributed by atoms with van der Waals surface area (Å²) >= 11 is 6.01. The summed E-state index contributed by atoms with van der Waals surface area (Å²) in [6.07, 6.45) is 1.44. The highest BCUT2D eigenvalue weighted by atomic mass is 35.5. The minimum Gasteiger partial charge on any atom is -0.335 e. The van der Waals surface area contributed by atoms with Crippen molar-refractivity contribution in [1.29, 1.82) is 0 Å². The van der Waals surface area contributed by atoms with E-state index >= 15 is 0 Å². The molecule has 0 atom stereocenters. The highest BCUT2D eigenvalue weighted by Crippen LogP contribution is 2.19. The van der Waals surface area contributed by atoms with Crippen LogP contribution in [0, 0.1) is 11.6 Å². The van der Waals surface area contributed by atoms with Gasteiger partial charge in [-0.2, -0.15) is 5.10 Å². The number of amides is 1. The number of carbonyl (C=O) groups excluding carboxylic acids is 1. The first-order valence-corrected chi connectivity index (χ1v) is 7.97. The minimum absolute atomic E-state index is 0.170. The monoisotopic (exact) mass is 354 g/mol. The maximum absolute atomic E-state index is 13.7. The zero-order valence-corrected chi connectivity index (χ0v) is 13.9. The van der Waals surface area contributed by atoms with Gasteiger partial charge in [0.25, 0.3) is 5.91 Å². The molecule has 0 spiro atoms. The van der Waals surface area contributed by atoms with Gasteiger partial charge in [-0.1, -0.05) is 23.7 Å². The van der Waals surface area contributed by atoms with E-state index in [9.17, 15) is 13.6 Å². The van der Waals surface area contributed by atoms with Crippen LogP contribution in [0.15, 0.2) is 24.4 Å². The summed E-state index contributed by atoms with van der Waals surface area (Å²) in [6, 6.07) is 4.18. The number of hydrogen-bond donors (Lipinski definition) is 0. The molecule has 5 nitrogen and oxygen atoms in total. The van der Waals surface area contributed by atoms with Crippen molar-refractivity contribution < 1.29 is 13.6 Å². The third-order valence-corrected chi connectivity index (χ3v) is 4.46. The molecule has 0 radical (unpaired) electrons. The van der Waals surface area contributed by atoms with Crippen molar-refractivity contribution in [2.75, 3.05) is 26.2 Å². The lowest BCUT2D eigenvalue weighted by atomic mass is 10.1. The summed E-state index contributed by atoms with van der Waals surface area (Å²) in [4.78, 5) is 16.2. The standard InChI is InChI=1S/C16H17ClF2N4O/c1-21-15(12(17)9-20-21)16(24)23-7-5-22(6-8-23)10-11-3-2-4-13(18)14(11)19/h2-4,9H,5-8,10H2,1H3. The second-order valence-electron chi connectivity index (χ2n) is 5.75. The van der Waals surface area contributed by atoms with Gasteiger partial charge in [0.1, 0.15) is 5.69 Å². The van der Waals surface area contributed by atoms with Crippen LogP contribution in [0.1, 0.15) is 16.1 Å². The van der Waals surface area contributed by atoms with Crippen molar-refractivity contribution in [3.05, 3.63) is 52.3 Å². The fourth-order valence-electron chi connectivity index (χ4n) is 2.82. The molecule has 2 aromatic rings. The summed E-state index contributed by atoms with van der Waals surface area (Å²) in [5.41, 5.74) is 0.686. The average Bonchev–Trinajstić information content (AvgIpc) is 2.91. The lowest BCUT2D eigenvalue weighted by Gasteiger charge is -2.34. The lowest BCUT2D eigenvalue weighted by molar-refractivity contribution is 0.0616. The van der Waals surface area contributed by atoms with Gasteiger partial charge >= 0.3 is 0 Å². The highest BCUT2D eigenvalue weighted by Gasteiger charge is 2.26. The summed E-state index contributed by atoms with van der Waals surface area (Å²) in [7, 11) is 1.67. The molecular formula is C16H17ClF2N4O. The topological polar surface area (TPSA) is 41.4 Å². The Morgan fingerprint density at radius 2 is 1.96 bits per heavy atom. The van der Waals surface area contributed by atoms with E-state index in [0.29, 0.717) is 49.0 Å². The average molecular weight is 355 g/mol. The van der Waals surface area contributed by atoms with Gasteiger partial charge in [0, 0.05) is 45.3 Å². The van der Waals surface area contributed by atoms with Gasteiger partial charge < -0.3 is 4.90 Å². The molecule has 0 unspecified atom stereocenters. The maximum atomic E-state index is 13.7. The number of hydrogen-bond acceptors (Lipinski definition) is 3. The van der Waals surface area contributed by atoms with Gasteiger partial charge in [0.05, 0.1) is 11.2 Å².